The lowest BCUT2D eigenvalue weighted by Gasteiger charge is -2.27. The van der Waals surface area contributed by atoms with E-state index in [2.05, 4.69) is 21.9 Å². The van der Waals surface area contributed by atoms with Crippen molar-refractivity contribution < 1.29 is 9.18 Å². The lowest BCUT2D eigenvalue weighted by molar-refractivity contribution is -0.117. The summed E-state index contributed by atoms with van der Waals surface area (Å²) in [6.07, 6.45) is 2.29. The van der Waals surface area contributed by atoms with Crippen LogP contribution < -0.4 is 5.32 Å². The Morgan fingerprint density at radius 1 is 1.30 bits per heavy atom. The first-order valence-corrected chi connectivity index (χ1v) is 9.25. The molecule has 0 aliphatic carbocycles. The number of hydrogen-bond donors (Lipinski definition) is 1. The lowest BCUT2D eigenvalue weighted by atomic mass is 9.92. The minimum absolute atomic E-state index is 0.0655. The molecule has 5 nitrogen and oxygen atoms in total. The molecule has 1 amide bonds. The molecule has 3 rings (SSSR count). The number of benzene rings is 1. The molecule has 0 saturated carbocycles. The molecule has 2 aromatic rings. The molecule has 0 atom stereocenters. The molecule has 0 spiro atoms. The minimum atomic E-state index is -0.286. The zero-order chi connectivity index (χ0) is 19.6. The molecule has 1 aromatic carbocycles. The summed E-state index contributed by atoms with van der Waals surface area (Å²) in [5.41, 5.74) is 2.64. The van der Waals surface area contributed by atoms with Gasteiger partial charge in [-0.05, 0) is 23.1 Å². The van der Waals surface area contributed by atoms with Gasteiger partial charge in [-0.25, -0.2) is 4.39 Å². The second-order valence-electron chi connectivity index (χ2n) is 8.21. The van der Waals surface area contributed by atoms with E-state index in [9.17, 15) is 9.18 Å². The summed E-state index contributed by atoms with van der Waals surface area (Å²) in [4.78, 5) is 14.8. The normalized spacial score (nSPS) is 14.7. The van der Waals surface area contributed by atoms with E-state index in [1.807, 2.05) is 31.5 Å². The Labute approximate surface area is 159 Å². The number of hydrogen-bond acceptors (Lipinski definition) is 3. The van der Waals surface area contributed by atoms with Crippen LogP contribution in [0.5, 0.6) is 0 Å². The molecule has 0 saturated heterocycles. The van der Waals surface area contributed by atoms with Crippen molar-refractivity contribution in [1.82, 2.24) is 14.7 Å². The topological polar surface area (TPSA) is 50.2 Å². The van der Waals surface area contributed by atoms with Crippen LogP contribution in [0, 0.1) is 11.2 Å². The van der Waals surface area contributed by atoms with Crippen LogP contribution in [-0.2, 0) is 17.9 Å². The Morgan fingerprint density at radius 3 is 2.63 bits per heavy atom. The summed E-state index contributed by atoms with van der Waals surface area (Å²) < 4.78 is 15.4. The van der Waals surface area contributed by atoms with Crippen molar-refractivity contribution in [3.8, 4) is 11.1 Å². The van der Waals surface area contributed by atoms with Gasteiger partial charge >= 0.3 is 0 Å². The molecule has 144 valence electrons. The van der Waals surface area contributed by atoms with Crippen LogP contribution in [0.25, 0.3) is 11.1 Å². The molecule has 0 fully saturated rings. The summed E-state index contributed by atoms with van der Waals surface area (Å²) in [5, 5.41) is 7.63. The number of amides is 1. The van der Waals surface area contributed by atoms with E-state index in [0.29, 0.717) is 18.8 Å². The highest BCUT2D eigenvalue weighted by atomic mass is 19.1. The third-order valence-electron chi connectivity index (χ3n) is 4.53. The van der Waals surface area contributed by atoms with Gasteiger partial charge in [-0.3, -0.25) is 14.4 Å². The van der Waals surface area contributed by atoms with Crippen molar-refractivity contribution >= 4 is 11.7 Å². The summed E-state index contributed by atoms with van der Waals surface area (Å²) in [6, 6.07) is 6.34. The molecule has 1 aromatic heterocycles. The number of nitrogens with one attached hydrogen (secondary N) is 1. The summed E-state index contributed by atoms with van der Waals surface area (Å²) in [6.45, 7) is 13.0. The fourth-order valence-electron chi connectivity index (χ4n) is 3.37. The number of anilines is 1. The van der Waals surface area contributed by atoms with E-state index in [-0.39, 0.29) is 17.1 Å². The fraction of sp³-hybridized carbons (Fsp3) is 0.429. The van der Waals surface area contributed by atoms with Crippen molar-refractivity contribution in [3.63, 3.8) is 0 Å². The zero-order valence-electron chi connectivity index (χ0n) is 16.3. The van der Waals surface area contributed by atoms with Gasteiger partial charge in [0.2, 0.25) is 5.91 Å². The van der Waals surface area contributed by atoms with Gasteiger partial charge in [0.25, 0.3) is 0 Å². The Morgan fingerprint density at radius 2 is 2.00 bits per heavy atom. The Kier molecular flexibility index (Phi) is 5.46. The maximum Gasteiger partial charge on any atom is 0.226 e. The Hall–Kier alpha value is -2.47. The Bertz CT molecular complexity index is 833. The molecule has 1 aliphatic heterocycles. The van der Waals surface area contributed by atoms with Gasteiger partial charge < -0.3 is 5.32 Å². The van der Waals surface area contributed by atoms with E-state index in [4.69, 9.17) is 0 Å². The van der Waals surface area contributed by atoms with Gasteiger partial charge in [0, 0.05) is 31.6 Å². The van der Waals surface area contributed by atoms with Crippen LogP contribution in [0.15, 0.2) is 36.9 Å². The van der Waals surface area contributed by atoms with E-state index in [0.717, 1.165) is 36.5 Å². The van der Waals surface area contributed by atoms with Gasteiger partial charge in [-0.15, -0.1) is 6.58 Å². The SMILES string of the molecule is C=CCN1CCn2nc(NC(=O)CC(C)(C)C)c(-c3ccc(F)cc3)c2C1. The predicted molar refractivity (Wildman–Crippen MR) is 106 cm³/mol. The van der Waals surface area contributed by atoms with Gasteiger partial charge in [-0.2, -0.15) is 5.10 Å². The van der Waals surface area contributed by atoms with Crippen molar-refractivity contribution in [3.05, 3.63) is 48.4 Å². The first-order valence-electron chi connectivity index (χ1n) is 9.25. The number of carbonyl (C=O) groups is 1. The first-order chi connectivity index (χ1) is 12.8. The van der Waals surface area contributed by atoms with Crippen LogP contribution in [0.4, 0.5) is 10.2 Å². The molecular weight excluding hydrogens is 343 g/mol. The largest absolute Gasteiger partial charge is 0.309 e. The number of nitrogens with zero attached hydrogens (tertiary/aromatic N) is 3. The first kappa shape index (κ1) is 19.3. The number of aromatic nitrogens is 2. The van der Waals surface area contributed by atoms with Crippen LogP contribution in [0.1, 0.15) is 32.9 Å². The number of halogens is 1. The molecule has 2 heterocycles. The zero-order valence-corrected chi connectivity index (χ0v) is 16.3. The van der Waals surface area contributed by atoms with E-state index in [1.54, 1.807) is 12.1 Å². The average molecular weight is 370 g/mol. The maximum absolute atomic E-state index is 13.4. The molecule has 6 heteroatoms. The smallest absolute Gasteiger partial charge is 0.226 e. The summed E-state index contributed by atoms with van der Waals surface area (Å²) in [7, 11) is 0. The van der Waals surface area contributed by atoms with Crippen LogP contribution in [0.3, 0.4) is 0 Å². The molecule has 0 radical (unpaired) electrons. The summed E-state index contributed by atoms with van der Waals surface area (Å²) >= 11 is 0. The maximum atomic E-state index is 13.4. The predicted octanol–water partition coefficient (Wildman–Crippen LogP) is 4.07. The van der Waals surface area contributed by atoms with Crippen molar-refractivity contribution in [2.24, 2.45) is 5.41 Å². The monoisotopic (exact) mass is 370 g/mol. The fourth-order valence-corrected chi connectivity index (χ4v) is 3.37. The third kappa shape index (κ3) is 4.63. The van der Waals surface area contributed by atoms with E-state index < -0.39 is 0 Å². The second kappa shape index (κ2) is 7.64. The molecular formula is C21H27FN4O. The molecule has 0 unspecified atom stereocenters. The van der Waals surface area contributed by atoms with Crippen LogP contribution in [0.2, 0.25) is 0 Å². The molecule has 27 heavy (non-hydrogen) atoms. The second-order valence-corrected chi connectivity index (χ2v) is 8.21. The number of carbonyl (C=O) groups excluding carboxylic acids is 1. The van der Waals surface area contributed by atoms with Gasteiger partial charge in [0.15, 0.2) is 5.82 Å². The minimum Gasteiger partial charge on any atom is -0.309 e. The van der Waals surface area contributed by atoms with Crippen LogP contribution in [-0.4, -0.2) is 33.7 Å². The van der Waals surface area contributed by atoms with E-state index >= 15 is 0 Å². The lowest BCUT2D eigenvalue weighted by Crippen LogP contribution is -2.34. The summed E-state index contributed by atoms with van der Waals surface area (Å²) in [5.74, 6) is 0.196. The van der Waals surface area contributed by atoms with Crippen molar-refractivity contribution in [2.75, 3.05) is 18.4 Å². The molecule has 1 aliphatic rings. The number of rotatable bonds is 5. The molecule has 0 bridgehead atoms. The Balaban J connectivity index is 1.99. The third-order valence-corrected chi connectivity index (χ3v) is 4.53. The average Bonchev–Trinajstić information content (AvgIpc) is 2.91. The highest BCUT2D eigenvalue weighted by molar-refractivity contribution is 5.95. The van der Waals surface area contributed by atoms with Crippen LogP contribution >= 0.6 is 0 Å². The van der Waals surface area contributed by atoms with E-state index in [1.165, 1.54) is 12.1 Å². The standard InChI is InChI=1S/C21H27FN4O/c1-5-10-25-11-12-26-17(14-25)19(15-6-8-16(22)9-7-15)20(24-26)23-18(27)13-21(2,3)4/h5-9H,1,10-14H2,2-4H3,(H,23,24,27). The van der Waals surface area contributed by atoms with Crippen molar-refractivity contribution in [1.29, 1.82) is 0 Å². The van der Waals surface area contributed by atoms with Gasteiger partial charge in [0.05, 0.1) is 12.2 Å². The van der Waals surface area contributed by atoms with Gasteiger partial charge in [-0.1, -0.05) is 39.0 Å². The van der Waals surface area contributed by atoms with Crippen molar-refractivity contribution in [2.45, 2.75) is 40.3 Å². The highest BCUT2D eigenvalue weighted by Crippen LogP contribution is 2.34. The quantitative estimate of drug-likeness (QED) is 0.808. The van der Waals surface area contributed by atoms with Gasteiger partial charge in [0.1, 0.15) is 5.82 Å². The molecule has 1 N–H and O–H groups in total. The number of fused-ring (bicyclic) bond motifs is 1. The highest BCUT2D eigenvalue weighted by Gasteiger charge is 2.26.